The molecule has 9 nitrogen and oxygen atoms in total. The van der Waals surface area contributed by atoms with E-state index < -0.39 is 18.1 Å². The zero-order valence-electron chi connectivity index (χ0n) is 22.4. The Bertz CT molecular complexity index is 1170. The van der Waals surface area contributed by atoms with Crippen molar-refractivity contribution in [1.29, 1.82) is 0 Å². The summed E-state index contributed by atoms with van der Waals surface area (Å²) in [5, 5.41) is 18.8. The Labute approximate surface area is 229 Å². The van der Waals surface area contributed by atoms with E-state index in [0.717, 1.165) is 17.5 Å². The van der Waals surface area contributed by atoms with Crippen molar-refractivity contribution in [2.24, 2.45) is 0 Å². The number of ether oxygens (including phenoxy) is 1. The van der Waals surface area contributed by atoms with Gasteiger partial charge in [-0.05, 0) is 49.4 Å². The third-order valence-corrected chi connectivity index (χ3v) is 7.08. The van der Waals surface area contributed by atoms with E-state index in [1.807, 2.05) is 43.3 Å². The van der Waals surface area contributed by atoms with Crippen LogP contribution in [-0.2, 0) is 20.8 Å². The lowest BCUT2D eigenvalue weighted by molar-refractivity contribution is -0.141. The van der Waals surface area contributed by atoms with Gasteiger partial charge in [-0.3, -0.25) is 14.4 Å². The number of nitrogens with one attached hydrogen (secondary N) is 3. The third kappa shape index (κ3) is 7.60. The van der Waals surface area contributed by atoms with Crippen LogP contribution in [0.3, 0.4) is 0 Å². The molecular weight excluding hydrogens is 496 g/mol. The Hall–Kier alpha value is -3.85. The number of fused-ring (bicyclic) bond motifs is 2. The van der Waals surface area contributed by atoms with E-state index in [9.17, 15) is 19.5 Å². The van der Waals surface area contributed by atoms with Crippen molar-refractivity contribution in [2.45, 2.75) is 57.2 Å². The van der Waals surface area contributed by atoms with Gasteiger partial charge in [0, 0.05) is 25.2 Å². The summed E-state index contributed by atoms with van der Waals surface area (Å²) < 4.78 is 6.03. The van der Waals surface area contributed by atoms with Gasteiger partial charge in [0.2, 0.25) is 17.7 Å². The van der Waals surface area contributed by atoms with Crippen molar-refractivity contribution in [3.63, 3.8) is 0 Å². The minimum absolute atomic E-state index is 0.158. The van der Waals surface area contributed by atoms with Crippen LogP contribution in [0.5, 0.6) is 11.5 Å². The molecule has 0 bridgehead atoms. The number of benzene rings is 2. The SMILES string of the molecule is CCC[C@@H]1NC(=O)[C@H]2CCCN2C(=O)[C@@H](Cc2ccc(O)cc2)NCCOc2ccccc2C=CCNC1=O. The van der Waals surface area contributed by atoms with E-state index in [1.165, 1.54) is 0 Å². The summed E-state index contributed by atoms with van der Waals surface area (Å²) in [6, 6.07) is 12.5. The number of nitrogens with zero attached hydrogens (tertiary/aromatic N) is 1. The first-order chi connectivity index (χ1) is 19.0. The van der Waals surface area contributed by atoms with E-state index in [0.29, 0.717) is 57.7 Å². The molecule has 2 heterocycles. The minimum Gasteiger partial charge on any atom is -0.508 e. The van der Waals surface area contributed by atoms with Gasteiger partial charge >= 0.3 is 0 Å². The summed E-state index contributed by atoms with van der Waals surface area (Å²) >= 11 is 0. The molecule has 39 heavy (non-hydrogen) atoms. The van der Waals surface area contributed by atoms with Crippen LogP contribution in [0.4, 0.5) is 0 Å². The molecule has 2 aliphatic heterocycles. The third-order valence-electron chi connectivity index (χ3n) is 7.08. The van der Waals surface area contributed by atoms with Gasteiger partial charge in [0.15, 0.2) is 0 Å². The molecule has 208 valence electrons. The second-order valence-corrected chi connectivity index (χ2v) is 9.95. The maximum atomic E-state index is 13.8. The maximum absolute atomic E-state index is 13.8. The molecule has 0 spiro atoms. The lowest BCUT2D eigenvalue weighted by atomic mass is 10.0. The number of phenols is 1. The van der Waals surface area contributed by atoms with Crippen LogP contribution in [0.1, 0.15) is 43.7 Å². The van der Waals surface area contributed by atoms with E-state index >= 15 is 0 Å². The average Bonchev–Trinajstić information content (AvgIpc) is 3.43. The van der Waals surface area contributed by atoms with Gasteiger partial charge in [0.05, 0.1) is 6.04 Å². The average molecular weight is 535 g/mol. The molecule has 0 aliphatic carbocycles. The van der Waals surface area contributed by atoms with Crippen LogP contribution in [0, 0.1) is 0 Å². The number of amides is 3. The molecule has 0 aromatic heterocycles. The van der Waals surface area contributed by atoms with Crippen molar-refractivity contribution in [1.82, 2.24) is 20.9 Å². The number of carbonyl (C=O) groups excluding carboxylic acids is 3. The maximum Gasteiger partial charge on any atom is 0.243 e. The smallest absolute Gasteiger partial charge is 0.243 e. The number of hydrogen-bond donors (Lipinski definition) is 4. The molecule has 4 N–H and O–H groups in total. The fourth-order valence-electron chi connectivity index (χ4n) is 5.06. The van der Waals surface area contributed by atoms with Crippen molar-refractivity contribution >= 4 is 23.8 Å². The minimum atomic E-state index is -0.672. The summed E-state index contributed by atoms with van der Waals surface area (Å²) in [5.41, 5.74) is 1.76. The van der Waals surface area contributed by atoms with Crippen molar-refractivity contribution < 1.29 is 24.2 Å². The molecule has 0 saturated carbocycles. The first-order valence-corrected chi connectivity index (χ1v) is 13.7. The molecule has 4 rings (SSSR count). The topological polar surface area (TPSA) is 120 Å². The Morgan fingerprint density at radius 3 is 2.62 bits per heavy atom. The highest BCUT2D eigenvalue weighted by atomic mass is 16.5. The van der Waals surface area contributed by atoms with Crippen LogP contribution in [0.2, 0.25) is 0 Å². The number of aromatic hydroxyl groups is 1. The van der Waals surface area contributed by atoms with Gasteiger partial charge in [-0.2, -0.15) is 0 Å². The van der Waals surface area contributed by atoms with Crippen molar-refractivity contribution in [3.05, 3.63) is 65.7 Å². The van der Waals surface area contributed by atoms with Gasteiger partial charge in [-0.25, -0.2) is 0 Å². The highest BCUT2D eigenvalue weighted by Gasteiger charge is 2.38. The van der Waals surface area contributed by atoms with E-state index in [2.05, 4.69) is 16.0 Å². The van der Waals surface area contributed by atoms with Crippen molar-refractivity contribution in [2.75, 3.05) is 26.2 Å². The van der Waals surface area contributed by atoms with Gasteiger partial charge in [0.1, 0.15) is 30.2 Å². The highest BCUT2D eigenvalue weighted by Crippen LogP contribution is 2.22. The largest absolute Gasteiger partial charge is 0.508 e. The molecule has 0 radical (unpaired) electrons. The summed E-state index contributed by atoms with van der Waals surface area (Å²) in [7, 11) is 0. The summed E-state index contributed by atoms with van der Waals surface area (Å²) in [4.78, 5) is 41.7. The van der Waals surface area contributed by atoms with Gasteiger partial charge in [-0.15, -0.1) is 0 Å². The lowest BCUT2D eigenvalue weighted by Gasteiger charge is -2.30. The van der Waals surface area contributed by atoms with Crippen molar-refractivity contribution in [3.8, 4) is 11.5 Å². The monoisotopic (exact) mass is 534 g/mol. The van der Waals surface area contributed by atoms with Crippen LogP contribution >= 0.6 is 0 Å². The lowest BCUT2D eigenvalue weighted by Crippen LogP contribution is -2.56. The van der Waals surface area contributed by atoms with Crippen LogP contribution in [0.15, 0.2) is 54.6 Å². The van der Waals surface area contributed by atoms with E-state index in [1.54, 1.807) is 29.2 Å². The Morgan fingerprint density at radius 2 is 1.82 bits per heavy atom. The number of hydrogen-bond acceptors (Lipinski definition) is 6. The second-order valence-electron chi connectivity index (χ2n) is 9.95. The number of para-hydroxylation sites is 1. The predicted octanol–water partition coefficient (Wildman–Crippen LogP) is 2.39. The molecule has 2 aromatic carbocycles. The molecule has 2 aromatic rings. The first kappa shape index (κ1) is 28.2. The quantitative estimate of drug-likeness (QED) is 0.478. The molecule has 0 unspecified atom stereocenters. The molecule has 1 saturated heterocycles. The van der Waals surface area contributed by atoms with E-state index in [-0.39, 0.29) is 23.5 Å². The van der Waals surface area contributed by atoms with Gasteiger partial charge in [0.25, 0.3) is 0 Å². The second kappa shape index (κ2) is 13.8. The molecular formula is C30H38N4O5. The van der Waals surface area contributed by atoms with Crippen LogP contribution in [-0.4, -0.2) is 72.1 Å². The van der Waals surface area contributed by atoms with Crippen LogP contribution < -0.4 is 20.7 Å². The number of phenolic OH excluding ortho intramolecular Hbond substituents is 1. The summed E-state index contributed by atoms with van der Waals surface area (Å²) in [6.07, 6.45) is 6.64. The molecule has 2 aliphatic rings. The molecule has 3 atom stereocenters. The zero-order chi connectivity index (χ0) is 27.6. The normalized spacial score (nSPS) is 23.1. The number of carbonyl (C=O) groups is 3. The standard InChI is InChI=1S/C30H38N4O5/c1-2-7-24-28(36)32-16-5-9-22-8-3-4-11-27(22)39-19-17-31-25(20-21-12-14-23(35)15-13-21)30(38)34-18-6-10-26(34)29(37)33-24/h3-5,8-9,11-15,24-26,31,35H,2,6-7,10,16-20H2,1H3,(H,32,36)(H,33,37)/t24-,25+,26+/m0/s1. The summed E-state index contributed by atoms with van der Waals surface area (Å²) in [6.45, 7) is 3.52. The van der Waals surface area contributed by atoms with Gasteiger partial charge in [-0.1, -0.05) is 55.8 Å². The molecule has 9 heteroatoms. The molecule has 1 fully saturated rings. The number of rotatable bonds is 4. The first-order valence-electron chi connectivity index (χ1n) is 13.7. The fourth-order valence-corrected chi connectivity index (χ4v) is 5.06. The molecule has 3 amide bonds. The summed E-state index contributed by atoms with van der Waals surface area (Å²) in [5.74, 6) is 0.155. The Morgan fingerprint density at radius 1 is 1.03 bits per heavy atom. The fraction of sp³-hybridized carbons (Fsp3) is 0.433. The van der Waals surface area contributed by atoms with Crippen LogP contribution in [0.25, 0.3) is 6.08 Å². The Kier molecular flexibility index (Phi) is 9.97. The Balaban J connectivity index is 1.60. The zero-order valence-corrected chi connectivity index (χ0v) is 22.4. The highest BCUT2D eigenvalue weighted by molar-refractivity contribution is 5.93. The van der Waals surface area contributed by atoms with E-state index in [4.69, 9.17) is 4.74 Å². The van der Waals surface area contributed by atoms with Gasteiger partial charge < -0.3 is 30.7 Å². The predicted molar refractivity (Wildman–Crippen MR) is 149 cm³/mol.